The van der Waals surface area contributed by atoms with Crippen molar-refractivity contribution in [3.05, 3.63) is 48.2 Å². The van der Waals surface area contributed by atoms with Crippen molar-refractivity contribution in [2.24, 2.45) is 0 Å². The van der Waals surface area contributed by atoms with Gasteiger partial charge in [0.15, 0.2) is 0 Å². The summed E-state index contributed by atoms with van der Waals surface area (Å²) in [5.41, 5.74) is 8.80. The van der Waals surface area contributed by atoms with Crippen molar-refractivity contribution in [3.63, 3.8) is 0 Å². The fourth-order valence-electron chi connectivity index (χ4n) is 3.20. The molecule has 0 atom stereocenters. The van der Waals surface area contributed by atoms with Gasteiger partial charge in [-0.3, -0.25) is 0 Å². The van der Waals surface area contributed by atoms with Gasteiger partial charge < -0.3 is 16.0 Å². The molecular weight excluding hydrogens is 319 g/mol. The van der Waals surface area contributed by atoms with Crippen LogP contribution in [-0.2, 0) is 0 Å². The van der Waals surface area contributed by atoms with E-state index < -0.39 is 0 Å². The van der Waals surface area contributed by atoms with Gasteiger partial charge in [0.25, 0.3) is 0 Å². The number of halogens is 1. The maximum absolute atomic E-state index is 13.3. The van der Waals surface area contributed by atoms with Crippen LogP contribution >= 0.6 is 0 Å². The van der Waals surface area contributed by atoms with Gasteiger partial charge in [-0.25, -0.2) is 19.3 Å². The Morgan fingerprint density at radius 1 is 1.04 bits per heavy atom. The van der Waals surface area contributed by atoms with Gasteiger partial charge in [0, 0.05) is 17.7 Å². The Morgan fingerprint density at radius 3 is 2.52 bits per heavy atom. The number of piperidine rings is 1. The van der Waals surface area contributed by atoms with Crippen molar-refractivity contribution in [3.8, 4) is 22.6 Å². The molecule has 1 aliphatic heterocycles. The zero-order valence-electron chi connectivity index (χ0n) is 13.7. The number of nitrogen functional groups attached to an aromatic ring is 1. The van der Waals surface area contributed by atoms with E-state index in [-0.39, 0.29) is 11.8 Å². The standard InChI is InChI=1S/C18H19FN6/c19-13-3-1-11(2-4-13)15-16(14-7-10-22-18(20)23-14)25-17(24-15)12-5-8-21-9-6-12/h1-4,7,10,12,21H,5-6,8-9H2,(H,24,25)(H2,20,22,23). The number of nitrogens with one attached hydrogen (secondary N) is 2. The number of aromatic nitrogens is 4. The molecule has 25 heavy (non-hydrogen) atoms. The highest BCUT2D eigenvalue weighted by molar-refractivity contribution is 5.77. The predicted octanol–water partition coefficient (Wildman–Crippen LogP) is 2.72. The second-order valence-corrected chi connectivity index (χ2v) is 6.18. The Kier molecular flexibility index (Phi) is 4.15. The third-order valence-corrected chi connectivity index (χ3v) is 4.50. The first-order chi connectivity index (χ1) is 12.2. The van der Waals surface area contributed by atoms with Crippen LogP contribution in [0.1, 0.15) is 24.6 Å². The van der Waals surface area contributed by atoms with Crippen molar-refractivity contribution >= 4 is 5.95 Å². The number of hydrogen-bond acceptors (Lipinski definition) is 5. The summed E-state index contributed by atoms with van der Waals surface area (Å²) in [7, 11) is 0. The van der Waals surface area contributed by atoms with Gasteiger partial charge in [-0.2, -0.15) is 0 Å². The molecule has 0 radical (unpaired) electrons. The van der Waals surface area contributed by atoms with Crippen LogP contribution in [0.15, 0.2) is 36.5 Å². The van der Waals surface area contributed by atoms with Gasteiger partial charge in [0.1, 0.15) is 11.6 Å². The molecule has 1 aliphatic rings. The summed E-state index contributed by atoms with van der Waals surface area (Å²) in [6, 6.07) is 8.12. The average molecular weight is 338 g/mol. The molecule has 3 aromatic rings. The second kappa shape index (κ2) is 6.60. The van der Waals surface area contributed by atoms with E-state index in [0.29, 0.717) is 11.6 Å². The zero-order valence-corrected chi connectivity index (χ0v) is 13.7. The molecule has 0 aliphatic carbocycles. The van der Waals surface area contributed by atoms with Gasteiger partial charge >= 0.3 is 0 Å². The molecule has 1 saturated heterocycles. The number of nitrogens with zero attached hydrogens (tertiary/aromatic N) is 3. The molecule has 3 heterocycles. The normalized spacial score (nSPS) is 15.4. The van der Waals surface area contributed by atoms with Gasteiger partial charge in [-0.1, -0.05) is 0 Å². The Morgan fingerprint density at radius 2 is 1.80 bits per heavy atom. The smallest absolute Gasteiger partial charge is 0.220 e. The SMILES string of the molecule is Nc1nccc(-c2[nH]c(C3CCNCC3)nc2-c2ccc(F)cc2)n1. The summed E-state index contributed by atoms with van der Waals surface area (Å²) < 4.78 is 13.3. The Labute approximate surface area is 144 Å². The minimum absolute atomic E-state index is 0.209. The molecule has 1 fully saturated rings. The average Bonchev–Trinajstić information content (AvgIpc) is 3.08. The van der Waals surface area contributed by atoms with Crippen LogP contribution in [0.2, 0.25) is 0 Å². The molecule has 2 aromatic heterocycles. The summed E-state index contributed by atoms with van der Waals surface area (Å²) in [5.74, 6) is 1.24. The van der Waals surface area contributed by atoms with Crippen molar-refractivity contribution < 1.29 is 4.39 Å². The monoisotopic (exact) mass is 338 g/mol. The summed E-state index contributed by atoms with van der Waals surface area (Å²) in [4.78, 5) is 16.5. The number of hydrogen-bond donors (Lipinski definition) is 3. The zero-order chi connectivity index (χ0) is 17.2. The van der Waals surface area contributed by atoms with E-state index in [0.717, 1.165) is 48.7 Å². The molecule has 1 aromatic carbocycles. The van der Waals surface area contributed by atoms with Crippen molar-refractivity contribution in [2.75, 3.05) is 18.8 Å². The number of H-pyrrole nitrogens is 1. The van der Waals surface area contributed by atoms with Crippen LogP contribution in [0, 0.1) is 5.82 Å². The van der Waals surface area contributed by atoms with Crippen molar-refractivity contribution in [1.29, 1.82) is 0 Å². The highest BCUT2D eigenvalue weighted by Gasteiger charge is 2.22. The Bertz CT molecular complexity index is 868. The Balaban J connectivity index is 1.82. The van der Waals surface area contributed by atoms with Gasteiger partial charge in [0.2, 0.25) is 5.95 Å². The van der Waals surface area contributed by atoms with Gasteiger partial charge in [-0.15, -0.1) is 0 Å². The Hall–Kier alpha value is -2.80. The first-order valence-electron chi connectivity index (χ1n) is 8.36. The summed E-state index contributed by atoms with van der Waals surface area (Å²) in [6.45, 7) is 1.96. The summed E-state index contributed by atoms with van der Waals surface area (Å²) in [6.07, 6.45) is 3.68. The number of imidazole rings is 1. The number of aromatic amines is 1. The van der Waals surface area contributed by atoms with Crippen LogP contribution < -0.4 is 11.1 Å². The molecular formula is C18H19FN6. The van der Waals surface area contributed by atoms with Crippen molar-refractivity contribution in [1.82, 2.24) is 25.3 Å². The third kappa shape index (κ3) is 3.23. The molecule has 0 spiro atoms. The first-order valence-corrected chi connectivity index (χ1v) is 8.36. The minimum Gasteiger partial charge on any atom is -0.368 e. The van der Waals surface area contributed by atoms with E-state index >= 15 is 0 Å². The number of benzene rings is 1. The van der Waals surface area contributed by atoms with E-state index in [2.05, 4.69) is 20.3 Å². The molecule has 0 bridgehead atoms. The minimum atomic E-state index is -0.273. The van der Waals surface area contributed by atoms with Gasteiger partial charge in [0.05, 0.1) is 17.1 Å². The van der Waals surface area contributed by atoms with Crippen LogP contribution in [0.5, 0.6) is 0 Å². The molecule has 128 valence electrons. The maximum Gasteiger partial charge on any atom is 0.220 e. The quantitative estimate of drug-likeness (QED) is 0.683. The summed E-state index contributed by atoms with van der Waals surface area (Å²) in [5, 5.41) is 3.36. The van der Waals surface area contributed by atoms with E-state index in [1.54, 1.807) is 24.4 Å². The molecule has 0 amide bonds. The predicted molar refractivity (Wildman–Crippen MR) is 94.3 cm³/mol. The van der Waals surface area contributed by atoms with E-state index in [1.807, 2.05) is 0 Å². The highest BCUT2D eigenvalue weighted by Crippen LogP contribution is 2.33. The lowest BCUT2D eigenvalue weighted by molar-refractivity contribution is 0.447. The molecule has 7 heteroatoms. The van der Waals surface area contributed by atoms with Gasteiger partial charge in [-0.05, 0) is 56.3 Å². The maximum atomic E-state index is 13.3. The molecule has 0 unspecified atom stereocenters. The fourth-order valence-corrected chi connectivity index (χ4v) is 3.20. The second-order valence-electron chi connectivity index (χ2n) is 6.18. The first kappa shape index (κ1) is 15.7. The summed E-state index contributed by atoms with van der Waals surface area (Å²) >= 11 is 0. The lowest BCUT2D eigenvalue weighted by Crippen LogP contribution is -2.27. The third-order valence-electron chi connectivity index (χ3n) is 4.50. The largest absolute Gasteiger partial charge is 0.368 e. The number of anilines is 1. The number of rotatable bonds is 3. The molecule has 6 nitrogen and oxygen atoms in total. The number of nitrogens with two attached hydrogens (primary N) is 1. The molecule has 0 saturated carbocycles. The fraction of sp³-hybridized carbons (Fsp3) is 0.278. The van der Waals surface area contributed by atoms with Crippen LogP contribution in [0.3, 0.4) is 0 Å². The molecule has 4 N–H and O–H groups in total. The molecule has 4 rings (SSSR count). The van der Waals surface area contributed by atoms with Crippen molar-refractivity contribution in [2.45, 2.75) is 18.8 Å². The van der Waals surface area contributed by atoms with Crippen LogP contribution in [-0.4, -0.2) is 33.0 Å². The lowest BCUT2D eigenvalue weighted by Gasteiger charge is -2.20. The van der Waals surface area contributed by atoms with E-state index in [4.69, 9.17) is 10.7 Å². The lowest BCUT2D eigenvalue weighted by atomic mass is 9.98. The topological polar surface area (TPSA) is 92.5 Å². The van der Waals surface area contributed by atoms with Crippen LogP contribution in [0.25, 0.3) is 22.6 Å². The van der Waals surface area contributed by atoms with Crippen LogP contribution in [0.4, 0.5) is 10.3 Å². The van der Waals surface area contributed by atoms with E-state index in [9.17, 15) is 4.39 Å². The highest BCUT2D eigenvalue weighted by atomic mass is 19.1. The van der Waals surface area contributed by atoms with E-state index in [1.165, 1.54) is 12.1 Å².